The van der Waals surface area contributed by atoms with Crippen molar-refractivity contribution in [1.82, 2.24) is 29.4 Å². The van der Waals surface area contributed by atoms with Gasteiger partial charge in [0, 0.05) is 90.5 Å². The first kappa shape index (κ1) is 53.0. The van der Waals surface area contributed by atoms with Crippen LogP contribution >= 0.6 is 0 Å². The number of aliphatic carboxylic acids is 2. The van der Waals surface area contributed by atoms with Gasteiger partial charge in [-0.2, -0.15) is 0 Å². The summed E-state index contributed by atoms with van der Waals surface area (Å²) in [5.41, 5.74) is 0. The zero-order chi connectivity index (χ0) is 25.1. The molecule has 2 rings (SSSR count). The van der Waals surface area contributed by atoms with Crippen molar-refractivity contribution in [2.75, 3.05) is 121 Å². The molecule has 15 heteroatoms. The van der Waals surface area contributed by atoms with E-state index in [4.69, 9.17) is 19.8 Å². The van der Waals surface area contributed by atoms with Crippen LogP contribution < -0.4 is 10.2 Å². The molecule has 0 aromatic rings. The maximum Gasteiger partial charge on any atom is 3.00 e. The van der Waals surface area contributed by atoms with Crippen molar-refractivity contribution in [2.24, 2.45) is 0 Å². The fraction of sp³-hybridized carbons (Fsp3) is 0.909. The summed E-state index contributed by atoms with van der Waals surface area (Å²) in [6, 6.07) is 0. The van der Waals surface area contributed by atoms with Crippen molar-refractivity contribution >= 4 is 11.9 Å². The Hall–Kier alpha value is -0.381. The first-order valence-electron chi connectivity index (χ1n) is 11.3. The summed E-state index contributed by atoms with van der Waals surface area (Å²) in [5, 5.41) is 17.8. The molecule has 0 bridgehead atoms. The molecular weight excluding hydrogens is 570 g/mol. The summed E-state index contributed by atoms with van der Waals surface area (Å²) in [5.74, 6) is -2.17. The normalized spacial score (nSPS) is 18.4. The second-order valence-electron chi connectivity index (χ2n) is 8.80. The van der Waals surface area contributed by atoms with Gasteiger partial charge in [-0.15, -0.1) is 0 Å². The molecule has 13 nitrogen and oxygen atoms in total. The molecule has 0 atom stereocenters. The number of hydrogen-bond acceptors (Lipinski definition) is 10. The number of likely N-dealkylation sites (N-methyl/N-ethyl adjacent to an activating group) is 6. The summed E-state index contributed by atoms with van der Waals surface area (Å²) >= 11 is 0. The van der Waals surface area contributed by atoms with E-state index < -0.39 is 11.9 Å². The Labute approximate surface area is 246 Å². The van der Waals surface area contributed by atoms with Crippen LogP contribution in [0.5, 0.6) is 0 Å². The van der Waals surface area contributed by atoms with E-state index in [1.165, 1.54) is 78.5 Å². The van der Waals surface area contributed by atoms with E-state index in [0.717, 1.165) is 13.8 Å². The minimum Gasteiger partial charge on any atom is -0.550 e. The van der Waals surface area contributed by atoms with E-state index in [-0.39, 0.29) is 50.6 Å². The molecule has 0 spiro atoms. The number of rotatable bonds is 0. The Balaban J connectivity index is -0.0000000685. The molecular formula is C22H54Mn2N6O7+4. The average molecular weight is 625 g/mol. The summed E-state index contributed by atoms with van der Waals surface area (Å²) in [6.45, 7) is 16.3. The summed E-state index contributed by atoms with van der Waals surface area (Å²) in [6.07, 6.45) is 0. The molecule has 6 N–H and O–H groups in total. The van der Waals surface area contributed by atoms with Crippen molar-refractivity contribution in [3.63, 3.8) is 0 Å². The second-order valence-corrected chi connectivity index (χ2v) is 8.80. The molecule has 0 aromatic carbocycles. The van der Waals surface area contributed by atoms with Gasteiger partial charge in [-0.25, -0.2) is 0 Å². The molecule has 2 heterocycles. The van der Waals surface area contributed by atoms with Crippen LogP contribution in [-0.2, 0) is 43.7 Å². The summed E-state index contributed by atoms with van der Waals surface area (Å²) < 4.78 is 0. The topological polar surface area (TPSA) is 194 Å². The zero-order valence-electron chi connectivity index (χ0n) is 24.1. The molecule has 224 valence electrons. The van der Waals surface area contributed by atoms with Crippen molar-refractivity contribution in [3.05, 3.63) is 0 Å². The Kier molecular flexibility index (Phi) is 48.2. The van der Waals surface area contributed by atoms with Crippen molar-refractivity contribution in [1.29, 1.82) is 0 Å². The van der Waals surface area contributed by atoms with Gasteiger partial charge in [-0.1, -0.05) is 0 Å². The molecule has 0 amide bonds. The van der Waals surface area contributed by atoms with Crippen LogP contribution in [0.3, 0.4) is 0 Å². The van der Waals surface area contributed by atoms with Crippen LogP contribution in [0, 0.1) is 0 Å². The smallest absolute Gasteiger partial charge is 0.550 e. The van der Waals surface area contributed by atoms with Crippen LogP contribution in [0.15, 0.2) is 0 Å². The molecule has 0 radical (unpaired) electrons. The quantitative estimate of drug-likeness (QED) is 0.235. The first-order valence-corrected chi connectivity index (χ1v) is 11.3. The summed E-state index contributed by atoms with van der Waals surface area (Å²) in [4.78, 5) is 32.2. The van der Waals surface area contributed by atoms with Crippen LogP contribution in [0.25, 0.3) is 0 Å². The van der Waals surface area contributed by atoms with Gasteiger partial charge in [0.25, 0.3) is 0 Å². The summed E-state index contributed by atoms with van der Waals surface area (Å²) in [7, 11) is 13.2. The molecule has 0 aromatic heterocycles. The minimum absolute atomic E-state index is 0. The van der Waals surface area contributed by atoms with E-state index in [1.807, 2.05) is 0 Å². The Morgan fingerprint density at radius 3 is 0.514 bits per heavy atom. The largest absolute Gasteiger partial charge is 3.00 e. The van der Waals surface area contributed by atoms with Gasteiger partial charge in [0.15, 0.2) is 0 Å². The fourth-order valence-electron chi connectivity index (χ4n) is 2.72. The van der Waals surface area contributed by atoms with Crippen molar-refractivity contribution in [2.45, 2.75) is 13.8 Å². The molecule has 0 saturated carbocycles. The molecule has 2 aliphatic heterocycles. The standard InChI is InChI=1S/2C9H21N3.2C2H4O2.2Mn.3H2O/c2*1-10-4-6-11(2)8-9-12(3)7-5-10;2*1-2(3)4;;;;;/h2*4-9H2,1-3H3;2*1H3,(H,3,4);;;3*1H2/q;;;;2*+3;;;/p-2. The molecule has 0 unspecified atom stereocenters. The molecule has 2 saturated heterocycles. The Morgan fingerprint density at radius 2 is 0.459 bits per heavy atom. The van der Waals surface area contributed by atoms with Gasteiger partial charge in [-0.05, 0) is 56.1 Å². The Bertz CT molecular complexity index is 381. The number of carboxylic acids is 2. The third-order valence-corrected chi connectivity index (χ3v) is 5.18. The zero-order valence-corrected chi connectivity index (χ0v) is 26.4. The van der Waals surface area contributed by atoms with E-state index in [9.17, 15) is 0 Å². The van der Waals surface area contributed by atoms with Gasteiger partial charge >= 0.3 is 34.1 Å². The number of carbonyl (C=O) groups is 2. The number of nitrogens with zero attached hydrogens (tertiary/aromatic N) is 6. The maximum absolute atomic E-state index is 8.89. The number of carbonyl (C=O) groups excluding carboxylic acids is 2. The maximum atomic E-state index is 8.89. The van der Waals surface area contributed by atoms with Gasteiger partial charge in [-0.3, -0.25) is 0 Å². The van der Waals surface area contributed by atoms with E-state index >= 15 is 0 Å². The molecule has 2 fully saturated rings. The third kappa shape index (κ3) is 45.9. The predicted molar refractivity (Wildman–Crippen MR) is 137 cm³/mol. The third-order valence-electron chi connectivity index (χ3n) is 5.18. The van der Waals surface area contributed by atoms with Gasteiger partial charge in [0.2, 0.25) is 0 Å². The number of hydrogen-bond donors (Lipinski definition) is 0. The van der Waals surface area contributed by atoms with Gasteiger partial charge in [0.05, 0.1) is 0 Å². The monoisotopic (exact) mass is 624 g/mol. The van der Waals surface area contributed by atoms with Crippen LogP contribution in [0.4, 0.5) is 0 Å². The van der Waals surface area contributed by atoms with Crippen LogP contribution in [-0.4, -0.2) is 179 Å². The SMILES string of the molecule is CC(=O)[O-].CC(=O)[O-].CN1CCN(C)CCN(C)CC1.CN1CCN(C)CCN(C)CC1.O.O.O.[Mn+3].[Mn+3]. The fourth-order valence-corrected chi connectivity index (χ4v) is 2.72. The van der Waals surface area contributed by atoms with E-state index in [0.29, 0.717) is 0 Å². The van der Waals surface area contributed by atoms with Crippen LogP contribution in [0.2, 0.25) is 0 Å². The average Bonchev–Trinajstić information content (AvgIpc) is 2.80. The number of carboxylic acid groups (broad SMARTS) is 2. The first-order chi connectivity index (χ1) is 14.8. The van der Waals surface area contributed by atoms with E-state index in [1.54, 1.807) is 0 Å². The van der Waals surface area contributed by atoms with Gasteiger partial charge in [0.1, 0.15) is 0 Å². The molecule has 37 heavy (non-hydrogen) atoms. The van der Waals surface area contributed by atoms with E-state index in [2.05, 4.69) is 71.7 Å². The van der Waals surface area contributed by atoms with Crippen molar-refractivity contribution in [3.8, 4) is 0 Å². The molecule has 2 aliphatic rings. The van der Waals surface area contributed by atoms with Crippen LogP contribution in [0.1, 0.15) is 13.8 Å². The minimum atomic E-state index is -1.08. The Morgan fingerprint density at radius 1 is 0.405 bits per heavy atom. The second kappa shape index (κ2) is 33.6. The van der Waals surface area contributed by atoms with Crippen molar-refractivity contribution < 1.29 is 70.4 Å². The molecule has 0 aliphatic carbocycles. The predicted octanol–water partition coefficient (Wildman–Crippen LogP) is -5.38. The van der Waals surface area contributed by atoms with Gasteiger partial charge < -0.3 is 65.6 Å².